The standard InChI is InChI=1S/C11H13N3O/c12-8-11(3-5-15-6-4-11)9-1-2-10(13)14-7-9/h1-2,7H,3-6H2,(H2,13,14). The molecular weight excluding hydrogens is 190 g/mol. The molecule has 1 saturated heterocycles. The lowest BCUT2D eigenvalue weighted by atomic mass is 9.76. The van der Waals surface area contributed by atoms with Crippen LogP contribution in [0.3, 0.4) is 0 Å². The minimum atomic E-state index is -0.432. The van der Waals surface area contributed by atoms with Crippen molar-refractivity contribution in [1.82, 2.24) is 4.98 Å². The van der Waals surface area contributed by atoms with E-state index in [1.165, 1.54) is 0 Å². The predicted octanol–water partition coefficient (Wildman–Crippen LogP) is 1.24. The number of nitriles is 1. The molecule has 0 unspecified atom stereocenters. The Hall–Kier alpha value is -1.60. The number of nitrogens with zero attached hydrogens (tertiary/aromatic N) is 2. The summed E-state index contributed by atoms with van der Waals surface area (Å²) in [5, 5.41) is 9.30. The fourth-order valence-electron chi connectivity index (χ4n) is 1.87. The number of pyridine rings is 1. The van der Waals surface area contributed by atoms with Crippen molar-refractivity contribution < 1.29 is 4.74 Å². The van der Waals surface area contributed by atoms with E-state index >= 15 is 0 Å². The number of hydrogen-bond donors (Lipinski definition) is 1. The zero-order valence-corrected chi connectivity index (χ0v) is 8.44. The van der Waals surface area contributed by atoms with Crippen molar-refractivity contribution in [3.05, 3.63) is 23.9 Å². The maximum absolute atomic E-state index is 9.30. The van der Waals surface area contributed by atoms with Crippen LogP contribution in [0.25, 0.3) is 0 Å². The van der Waals surface area contributed by atoms with Crippen molar-refractivity contribution in [2.75, 3.05) is 18.9 Å². The van der Waals surface area contributed by atoms with Crippen LogP contribution in [0.15, 0.2) is 18.3 Å². The first-order valence-corrected chi connectivity index (χ1v) is 4.98. The Morgan fingerprint density at radius 1 is 1.40 bits per heavy atom. The van der Waals surface area contributed by atoms with Gasteiger partial charge < -0.3 is 10.5 Å². The maximum Gasteiger partial charge on any atom is 0.123 e. The summed E-state index contributed by atoms with van der Waals surface area (Å²) in [6.07, 6.45) is 3.16. The molecule has 0 amide bonds. The molecule has 1 aliphatic rings. The molecule has 2 rings (SSSR count). The number of aromatic nitrogens is 1. The topological polar surface area (TPSA) is 71.9 Å². The Kier molecular flexibility index (Phi) is 2.57. The van der Waals surface area contributed by atoms with Gasteiger partial charge in [-0.25, -0.2) is 4.98 Å². The summed E-state index contributed by atoms with van der Waals surface area (Å²) >= 11 is 0. The van der Waals surface area contributed by atoms with E-state index in [1.807, 2.05) is 6.07 Å². The van der Waals surface area contributed by atoms with Gasteiger partial charge in [0, 0.05) is 19.4 Å². The Labute approximate surface area is 88.7 Å². The van der Waals surface area contributed by atoms with Crippen LogP contribution in [0.2, 0.25) is 0 Å². The third kappa shape index (κ3) is 1.79. The summed E-state index contributed by atoms with van der Waals surface area (Å²) in [5.41, 5.74) is 6.04. The molecule has 2 N–H and O–H groups in total. The van der Waals surface area contributed by atoms with Gasteiger partial charge in [0.2, 0.25) is 0 Å². The maximum atomic E-state index is 9.30. The lowest BCUT2D eigenvalue weighted by molar-refractivity contribution is 0.0674. The lowest BCUT2D eigenvalue weighted by Gasteiger charge is -2.30. The summed E-state index contributed by atoms with van der Waals surface area (Å²) in [4.78, 5) is 4.03. The molecule has 0 atom stereocenters. The fourth-order valence-corrected chi connectivity index (χ4v) is 1.87. The Bertz CT molecular complexity index is 374. The first kappa shape index (κ1) is 9.94. The second-order valence-corrected chi connectivity index (χ2v) is 3.78. The number of nitrogen functional groups attached to an aromatic ring is 1. The molecule has 78 valence electrons. The van der Waals surface area contributed by atoms with Crippen LogP contribution in [0.5, 0.6) is 0 Å². The molecule has 4 nitrogen and oxygen atoms in total. The van der Waals surface area contributed by atoms with Gasteiger partial charge in [0.15, 0.2) is 0 Å². The number of nitrogens with two attached hydrogens (primary N) is 1. The molecule has 0 spiro atoms. The van der Waals surface area contributed by atoms with Crippen molar-refractivity contribution in [3.63, 3.8) is 0 Å². The van der Waals surface area contributed by atoms with E-state index in [2.05, 4.69) is 11.1 Å². The summed E-state index contributed by atoms with van der Waals surface area (Å²) < 4.78 is 5.28. The lowest BCUT2D eigenvalue weighted by Crippen LogP contribution is -2.32. The highest BCUT2D eigenvalue weighted by molar-refractivity contribution is 5.36. The van der Waals surface area contributed by atoms with E-state index < -0.39 is 5.41 Å². The Balaban J connectivity index is 2.33. The fraction of sp³-hybridized carbons (Fsp3) is 0.455. The quantitative estimate of drug-likeness (QED) is 0.745. The van der Waals surface area contributed by atoms with Crippen LogP contribution >= 0.6 is 0 Å². The van der Waals surface area contributed by atoms with Crippen LogP contribution in [-0.2, 0) is 10.2 Å². The van der Waals surface area contributed by atoms with E-state index in [1.54, 1.807) is 12.3 Å². The molecule has 1 aliphatic heterocycles. The summed E-state index contributed by atoms with van der Waals surface area (Å²) in [6, 6.07) is 6.02. The number of rotatable bonds is 1. The van der Waals surface area contributed by atoms with Crippen molar-refractivity contribution in [2.24, 2.45) is 0 Å². The molecule has 0 saturated carbocycles. The smallest absolute Gasteiger partial charge is 0.123 e. The van der Waals surface area contributed by atoms with Crippen LogP contribution < -0.4 is 5.73 Å². The van der Waals surface area contributed by atoms with Crippen molar-refractivity contribution in [1.29, 1.82) is 5.26 Å². The number of ether oxygens (including phenoxy) is 1. The molecule has 1 aromatic heterocycles. The van der Waals surface area contributed by atoms with E-state index in [9.17, 15) is 5.26 Å². The summed E-state index contributed by atoms with van der Waals surface area (Å²) in [5.74, 6) is 0.485. The van der Waals surface area contributed by atoms with Crippen molar-refractivity contribution >= 4 is 5.82 Å². The van der Waals surface area contributed by atoms with Gasteiger partial charge in [-0.1, -0.05) is 6.07 Å². The third-order valence-electron chi connectivity index (χ3n) is 2.90. The van der Waals surface area contributed by atoms with Crippen LogP contribution in [0.4, 0.5) is 5.82 Å². The zero-order valence-electron chi connectivity index (χ0n) is 8.44. The van der Waals surface area contributed by atoms with Gasteiger partial charge in [0.1, 0.15) is 5.82 Å². The average Bonchev–Trinajstić information content (AvgIpc) is 2.31. The molecule has 15 heavy (non-hydrogen) atoms. The molecular formula is C11H13N3O. The molecule has 2 heterocycles. The first-order valence-electron chi connectivity index (χ1n) is 4.98. The Morgan fingerprint density at radius 3 is 2.67 bits per heavy atom. The second kappa shape index (κ2) is 3.87. The molecule has 1 aromatic rings. The average molecular weight is 203 g/mol. The number of hydrogen-bond acceptors (Lipinski definition) is 4. The highest BCUT2D eigenvalue weighted by Crippen LogP contribution is 2.33. The van der Waals surface area contributed by atoms with Gasteiger partial charge in [0.05, 0.1) is 11.5 Å². The SMILES string of the molecule is N#CC1(c2ccc(N)nc2)CCOCC1. The van der Waals surface area contributed by atoms with Crippen molar-refractivity contribution in [3.8, 4) is 6.07 Å². The monoisotopic (exact) mass is 203 g/mol. The van der Waals surface area contributed by atoms with E-state index in [4.69, 9.17) is 10.5 Å². The second-order valence-electron chi connectivity index (χ2n) is 3.78. The largest absolute Gasteiger partial charge is 0.384 e. The van der Waals surface area contributed by atoms with Crippen LogP contribution in [0.1, 0.15) is 18.4 Å². The van der Waals surface area contributed by atoms with Crippen LogP contribution in [0, 0.1) is 11.3 Å². The normalized spacial score (nSPS) is 19.4. The molecule has 0 aromatic carbocycles. The van der Waals surface area contributed by atoms with Crippen LogP contribution in [-0.4, -0.2) is 18.2 Å². The minimum absolute atomic E-state index is 0.432. The summed E-state index contributed by atoms with van der Waals surface area (Å²) in [6.45, 7) is 1.27. The van der Waals surface area contributed by atoms with Gasteiger partial charge in [-0.2, -0.15) is 5.26 Å². The van der Waals surface area contributed by atoms with Gasteiger partial charge >= 0.3 is 0 Å². The molecule has 0 radical (unpaired) electrons. The van der Waals surface area contributed by atoms with Gasteiger partial charge in [-0.15, -0.1) is 0 Å². The van der Waals surface area contributed by atoms with Crippen molar-refractivity contribution in [2.45, 2.75) is 18.3 Å². The molecule has 1 fully saturated rings. The van der Waals surface area contributed by atoms with Gasteiger partial charge in [-0.05, 0) is 24.5 Å². The third-order valence-corrected chi connectivity index (χ3v) is 2.90. The number of anilines is 1. The van der Waals surface area contributed by atoms with Gasteiger partial charge in [-0.3, -0.25) is 0 Å². The van der Waals surface area contributed by atoms with E-state index in [0.29, 0.717) is 19.0 Å². The Morgan fingerprint density at radius 2 is 2.13 bits per heavy atom. The minimum Gasteiger partial charge on any atom is -0.384 e. The van der Waals surface area contributed by atoms with E-state index in [-0.39, 0.29) is 0 Å². The van der Waals surface area contributed by atoms with Gasteiger partial charge in [0.25, 0.3) is 0 Å². The zero-order chi connectivity index (χ0) is 10.7. The summed E-state index contributed by atoms with van der Waals surface area (Å²) in [7, 11) is 0. The molecule has 0 aliphatic carbocycles. The predicted molar refractivity (Wildman–Crippen MR) is 56.0 cm³/mol. The highest BCUT2D eigenvalue weighted by Gasteiger charge is 2.34. The molecule has 0 bridgehead atoms. The first-order chi connectivity index (χ1) is 7.27. The highest BCUT2D eigenvalue weighted by atomic mass is 16.5. The van der Waals surface area contributed by atoms with E-state index in [0.717, 1.165) is 18.4 Å². The molecule has 4 heteroatoms.